The molecule has 0 unspecified atom stereocenters. The fourth-order valence-electron chi connectivity index (χ4n) is 0. The number of hydrogen-bond donors (Lipinski definition) is 0. The van der Waals surface area contributed by atoms with Crippen LogP contribution in [-0.4, -0.2) is 13.3 Å². The molecule has 3 nitrogen and oxygen atoms in total. The van der Waals surface area contributed by atoms with Crippen LogP contribution in [0.1, 0.15) is 0 Å². The van der Waals surface area contributed by atoms with Gasteiger partial charge in [-0.1, -0.05) is 0 Å². The van der Waals surface area contributed by atoms with E-state index in [1.54, 1.807) is 0 Å². The Morgan fingerprint density at radius 1 is 1.33 bits per heavy atom. The topological polar surface area (TPSA) is 63.2 Å². The van der Waals surface area contributed by atoms with Crippen LogP contribution in [-0.2, 0) is 31.2 Å². The summed E-state index contributed by atoms with van der Waals surface area (Å²) in [5.41, 5.74) is 0. The third kappa shape index (κ3) is 43.4. The van der Waals surface area contributed by atoms with Gasteiger partial charge in [-0.3, -0.25) is 4.21 Å². The summed E-state index contributed by atoms with van der Waals surface area (Å²) in [6, 6.07) is 0. The zero-order chi connectivity index (χ0) is 3.58. The zero-order valence-electron chi connectivity index (χ0n) is 2.99. The molecule has 0 N–H and O–H groups in total. The van der Waals surface area contributed by atoms with Crippen LogP contribution >= 0.6 is 0 Å². The van der Waals surface area contributed by atoms with Crippen molar-refractivity contribution in [2.75, 3.05) is 0 Å². The summed E-state index contributed by atoms with van der Waals surface area (Å²) in [7, 11) is 0. The van der Waals surface area contributed by atoms with Crippen molar-refractivity contribution < 1.29 is 62.7 Å². The molecule has 0 fully saturated rings. The van der Waals surface area contributed by atoms with E-state index in [0.29, 0.717) is 0 Å². The molecule has 0 amide bonds. The summed E-state index contributed by atoms with van der Waals surface area (Å²) in [6.45, 7) is 0. The fraction of sp³-hybridized carbons (Fsp3) is 0. The maximum atomic E-state index is 8.44. The summed E-state index contributed by atoms with van der Waals surface area (Å²) in [4.78, 5) is 0. The molecule has 0 aromatic carbocycles. The Morgan fingerprint density at radius 2 is 1.33 bits per heavy atom. The monoisotopic (exact) mass is 295 g/mol. The van der Waals surface area contributed by atoms with Gasteiger partial charge in [0.15, 0.2) is 0 Å². The molecule has 0 aliphatic heterocycles. The van der Waals surface area contributed by atoms with E-state index in [0.717, 1.165) is 0 Å². The number of rotatable bonds is 0. The molecule has 0 saturated heterocycles. The van der Waals surface area contributed by atoms with Gasteiger partial charge < -0.3 is 9.11 Å². The molecule has 0 heterocycles. The summed E-state index contributed by atoms with van der Waals surface area (Å²) < 4.78 is 25.3. The molecule has 0 radical (unpaired) electrons. The van der Waals surface area contributed by atoms with Crippen LogP contribution in [0.4, 0.5) is 0 Å². The first-order chi connectivity index (χ1) is 1.73. The second kappa shape index (κ2) is 9.86. The molecule has 0 rings (SSSR count). The minimum atomic E-state index is -3.11. The molecule has 30 valence electrons. The van der Waals surface area contributed by atoms with E-state index in [2.05, 4.69) is 0 Å². The van der Waals surface area contributed by atoms with Gasteiger partial charge in [0.2, 0.25) is 0 Å². The van der Waals surface area contributed by atoms with Gasteiger partial charge in [-0.25, -0.2) is 0 Å². The molecule has 0 aliphatic carbocycles. The largest absolute Gasteiger partial charge is 4.00 e. The van der Waals surface area contributed by atoms with Gasteiger partial charge in [0.05, 0.1) is 0 Å². The van der Waals surface area contributed by atoms with Crippen molar-refractivity contribution in [3.8, 4) is 0 Å². The minimum Gasteiger partial charge on any atom is -0.784 e. The standard InChI is InChI=1S/Na.H2O3S.Os/c;1-4(2)3;/h;(H2,1,2,3);/q+1;;+4/p-2. The maximum absolute atomic E-state index is 8.44. The van der Waals surface area contributed by atoms with Gasteiger partial charge in [0.1, 0.15) is 0 Å². The minimum absolute atomic E-state index is 0. The van der Waals surface area contributed by atoms with Crippen molar-refractivity contribution in [2.24, 2.45) is 0 Å². The molecule has 0 aromatic rings. The molecule has 0 aromatic heterocycles. The zero-order valence-corrected chi connectivity index (χ0v) is 8.34. The molecule has 6 heavy (non-hydrogen) atoms. The van der Waals surface area contributed by atoms with Crippen molar-refractivity contribution in [3.05, 3.63) is 0 Å². The van der Waals surface area contributed by atoms with Crippen LogP contribution in [0.15, 0.2) is 0 Å². The normalized spacial score (nSPS) is 5.83. The third-order valence-electron chi connectivity index (χ3n) is 0. The molecule has 0 aliphatic rings. The van der Waals surface area contributed by atoms with Crippen LogP contribution in [0, 0.1) is 0 Å². The third-order valence-corrected chi connectivity index (χ3v) is 0. The Hall–Kier alpha value is 1.71. The number of hydrogen-bond acceptors (Lipinski definition) is 3. The SMILES string of the molecule is O=S([O-])[O-].[Na+].[Os+4]. The van der Waals surface area contributed by atoms with Gasteiger partial charge in [-0.15, -0.1) is 11.4 Å². The van der Waals surface area contributed by atoms with Crippen LogP contribution in [0.25, 0.3) is 0 Å². The second-order valence-corrected chi connectivity index (χ2v) is 0.612. The first kappa shape index (κ1) is 15.6. The van der Waals surface area contributed by atoms with Gasteiger partial charge in [-0.05, 0) is 0 Å². The van der Waals surface area contributed by atoms with E-state index in [1.807, 2.05) is 0 Å². The molecular formula is NaO3OsS+3. The predicted octanol–water partition coefficient (Wildman–Crippen LogP) is -4.00. The van der Waals surface area contributed by atoms with E-state index in [-0.39, 0.29) is 49.3 Å². The quantitative estimate of drug-likeness (QED) is 0.338. The van der Waals surface area contributed by atoms with E-state index >= 15 is 0 Å². The smallest absolute Gasteiger partial charge is 0.784 e. The summed E-state index contributed by atoms with van der Waals surface area (Å²) in [5.74, 6) is 0. The van der Waals surface area contributed by atoms with E-state index in [1.165, 1.54) is 0 Å². The van der Waals surface area contributed by atoms with Crippen molar-refractivity contribution in [3.63, 3.8) is 0 Å². The van der Waals surface area contributed by atoms with E-state index < -0.39 is 11.4 Å². The summed E-state index contributed by atoms with van der Waals surface area (Å²) in [6.07, 6.45) is 0. The molecular weight excluding hydrogens is 293 g/mol. The summed E-state index contributed by atoms with van der Waals surface area (Å²) in [5, 5.41) is 0. The Balaban J connectivity index is -0.0000000450. The van der Waals surface area contributed by atoms with Crippen molar-refractivity contribution in [2.45, 2.75) is 0 Å². The van der Waals surface area contributed by atoms with Crippen molar-refractivity contribution in [1.82, 2.24) is 0 Å². The second-order valence-electron chi connectivity index (χ2n) is 0.204. The molecule has 0 atom stereocenters. The van der Waals surface area contributed by atoms with Gasteiger partial charge >= 0.3 is 49.3 Å². The predicted molar refractivity (Wildman–Crippen MR) is 9.70 cm³/mol. The Morgan fingerprint density at radius 3 is 1.33 bits per heavy atom. The first-order valence-electron chi connectivity index (χ1n) is 0.500. The van der Waals surface area contributed by atoms with Crippen LogP contribution in [0.5, 0.6) is 0 Å². The Kier molecular flexibility index (Phi) is 25.7. The van der Waals surface area contributed by atoms with Crippen LogP contribution < -0.4 is 29.6 Å². The first-order valence-corrected chi connectivity index (χ1v) is 1.50. The molecule has 0 bridgehead atoms. The van der Waals surface area contributed by atoms with Gasteiger partial charge in [0.25, 0.3) is 0 Å². The molecule has 0 saturated carbocycles. The molecule has 6 heteroatoms. The maximum Gasteiger partial charge on any atom is 4.00 e. The summed E-state index contributed by atoms with van der Waals surface area (Å²) >= 11 is -3.11. The Bertz CT molecular complexity index is 33.8. The fourth-order valence-corrected chi connectivity index (χ4v) is 0. The van der Waals surface area contributed by atoms with E-state index in [9.17, 15) is 0 Å². The van der Waals surface area contributed by atoms with Crippen LogP contribution in [0.2, 0.25) is 0 Å². The van der Waals surface area contributed by atoms with Gasteiger partial charge in [-0.2, -0.15) is 0 Å². The average Bonchev–Trinajstić information content (AvgIpc) is 0.811. The van der Waals surface area contributed by atoms with E-state index in [4.69, 9.17) is 13.3 Å². The van der Waals surface area contributed by atoms with Crippen molar-refractivity contribution >= 4 is 11.4 Å². The molecule has 0 spiro atoms. The van der Waals surface area contributed by atoms with Gasteiger partial charge in [0, 0.05) is 0 Å². The van der Waals surface area contributed by atoms with Crippen LogP contribution in [0.3, 0.4) is 0 Å². The van der Waals surface area contributed by atoms with Crippen molar-refractivity contribution in [1.29, 1.82) is 0 Å². The Labute approximate surface area is 73.3 Å². The average molecular weight is 293 g/mol.